The monoisotopic (exact) mass is 258 g/mol. The quantitative estimate of drug-likeness (QED) is 0.880. The Morgan fingerprint density at radius 2 is 2.00 bits per heavy atom. The van der Waals surface area contributed by atoms with Gasteiger partial charge in [-0.15, -0.1) is 0 Å². The summed E-state index contributed by atoms with van der Waals surface area (Å²) in [6.45, 7) is 2.01. The van der Waals surface area contributed by atoms with Gasteiger partial charge < -0.3 is 14.9 Å². The maximum Gasteiger partial charge on any atom is 0.323 e. The third kappa shape index (κ3) is 2.54. The van der Waals surface area contributed by atoms with E-state index in [1.54, 1.807) is 0 Å². The van der Waals surface area contributed by atoms with Crippen LogP contribution in [0.2, 0.25) is 0 Å². The summed E-state index contributed by atoms with van der Waals surface area (Å²) in [5.74, 6) is -0.0712. The van der Waals surface area contributed by atoms with Gasteiger partial charge in [0.2, 0.25) is 0 Å². The zero-order chi connectivity index (χ0) is 14.0. The largest absolute Gasteiger partial charge is 0.323 e. The number of fused-ring (bicyclic) bond motifs is 1. The van der Waals surface area contributed by atoms with E-state index in [0.29, 0.717) is 0 Å². The summed E-state index contributed by atoms with van der Waals surface area (Å²) in [4.78, 5) is 18.8. The number of imidazole rings is 1. The van der Waals surface area contributed by atoms with E-state index in [1.807, 2.05) is 44.1 Å². The Balaban J connectivity index is 2.50. The number of nitrogens with zero attached hydrogens (tertiary/aromatic N) is 2. The van der Waals surface area contributed by atoms with Crippen LogP contribution >= 0.6 is 0 Å². The zero-order valence-electron chi connectivity index (χ0n) is 11.4. The number of hydrogen-bond acceptors (Lipinski definition) is 3. The summed E-state index contributed by atoms with van der Waals surface area (Å²) >= 11 is 0. The molecule has 0 aliphatic carbocycles. The van der Waals surface area contributed by atoms with Gasteiger partial charge in [0.1, 0.15) is 0 Å². The zero-order valence-corrected chi connectivity index (χ0v) is 11.4. The molecule has 2 aromatic rings. The highest BCUT2D eigenvalue weighted by Gasteiger charge is 2.24. The molecule has 5 nitrogen and oxygen atoms in total. The molecular weight excluding hydrogens is 240 g/mol. The molecule has 2 N–H and O–H groups in total. The Hall–Kier alpha value is -2.06. The van der Waals surface area contributed by atoms with Gasteiger partial charge >= 0.3 is 5.69 Å². The number of nitriles is 1. The molecule has 5 heteroatoms. The number of hydrogen-bond donors (Lipinski definition) is 2. The standard InChI is InChI=1S/C14H18N4O/c1-4-9(8-15)13(18(2)3)10-5-6-11-12(7-10)17-14(19)16-11/h5-7,9,13H,4H2,1-3H3,(H2,16,17,19). The van der Waals surface area contributed by atoms with Crippen LogP contribution in [0, 0.1) is 17.2 Å². The highest BCUT2D eigenvalue weighted by Crippen LogP contribution is 2.29. The normalized spacial score (nSPS) is 14.5. The summed E-state index contributed by atoms with van der Waals surface area (Å²) in [6, 6.07) is 8.18. The minimum Gasteiger partial charge on any atom is -0.306 e. The molecule has 0 saturated heterocycles. The first-order chi connectivity index (χ1) is 9.06. The second-order valence-electron chi connectivity index (χ2n) is 4.94. The number of rotatable bonds is 4. The van der Waals surface area contributed by atoms with Gasteiger partial charge in [0.25, 0.3) is 0 Å². The minimum atomic E-state index is -0.208. The molecule has 0 saturated carbocycles. The summed E-state index contributed by atoms with van der Waals surface area (Å²) in [5.41, 5.74) is 2.40. The van der Waals surface area contributed by atoms with Crippen molar-refractivity contribution in [1.29, 1.82) is 5.26 Å². The Morgan fingerprint density at radius 3 is 2.58 bits per heavy atom. The third-order valence-electron chi connectivity index (χ3n) is 3.42. The Bertz CT molecular complexity index is 662. The number of nitrogens with one attached hydrogen (secondary N) is 2. The van der Waals surface area contributed by atoms with Crippen molar-refractivity contribution in [3.05, 3.63) is 34.2 Å². The van der Waals surface area contributed by atoms with Crippen molar-refractivity contribution in [2.45, 2.75) is 19.4 Å². The van der Waals surface area contributed by atoms with Crippen molar-refractivity contribution in [1.82, 2.24) is 14.9 Å². The van der Waals surface area contributed by atoms with Gasteiger partial charge in [0, 0.05) is 0 Å². The molecule has 0 aliphatic heterocycles. The molecule has 1 heterocycles. The molecule has 0 aliphatic rings. The van der Waals surface area contributed by atoms with Gasteiger partial charge in [0.05, 0.1) is 29.1 Å². The van der Waals surface area contributed by atoms with Crippen LogP contribution in [0.4, 0.5) is 0 Å². The Labute approximate surface area is 111 Å². The number of benzene rings is 1. The van der Waals surface area contributed by atoms with Crippen LogP contribution in [0.25, 0.3) is 11.0 Å². The van der Waals surface area contributed by atoms with Crippen LogP contribution in [-0.4, -0.2) is 29.0 Å². The Kier molecular flexibility index (Phi) is 3.72. The average molecular weight is 258 g/mol. The predicted molar refractivity (Wildman–Crippen MR) is 74.7 cm³/mol. The molecule has 0 fully saturated rings. The molecule has 0 bridgehead atoms. The fourth-order valence-electron chi connectivity index (χ4n) is 2.51. The van der Waals surface area contributed by atoms with Crippen LogP contribution in [0.1, 0.15) is 24.9 Å². The molecule has 1 aromatic carbocycles. The van der Waals surface area contributed by atoms with Gasteiger partial charge in [-0.3, -0.25) is 0 Å². The van der Waals surface area contributed by atoms with E-state index < -0.39 is 0 Å². The maximum absolute atomic E-state index is 11.3. The van der Waals surface area contributed by atoms with Crippen LogP contribution in [-0.2, 0) is 0 Å². The molecule has 2 unspecified atom stereocenters. The van der Waals surface area contributed by atoms with Crippen LogP contribution in [0.15, 0.2) is 23.0 Å². The molecule has 2 rings (SSSR count). The van der Waals surface area contributed by atoms with Crippen molar-refractivity contribution in [2.75, 3.05) is 14.1 Å². The summed E-state index contributed by atoms with van der Waals surface area (Å²) in [6.07, 6.45) is 0.793. The lowest BCUT2D eigenvalue weighted by Crippen LogP contribution is -2.26. The van der Waals surface area contributed by atoms with E-state index in [9.17, 15) is 10.1 Å². The summed E-state index contributed by atoms with van der Waals surface area (Å²) in [7, 11) is 3.93. The molecule has 2 atom stereocenters. The Morgan fingerprint density at radius 1 is 1.32 bits per heavy atom. The summed E-state index contributed by atoms with van der Waals surface area (Å²) < 4.78 is 0. The van der Waals surface area contributed by atoms with Gasteiger partial charge in [0.15, 0.2) is 0 Å². The number of H-pyrrole nitrogens is 2. The van der Waals surface area contributed by atoms with Gasteiger partial charge in [-0.2, -0.15) is 5.26 Å². The molecular formula is C14H18N4O. The fourth-order valence-corrected chi connectivity index (χ4v) is 2.51. The van der Waals surface area contributed by atoms with Crippen LogP contribution < -0.4 is 5.69 Å². The van der Waals surface area contributed by atoms with Gasteiger partial charge in [-0.25, -0.2) is 4.79 Å². The lowest BCUT2D eigenvalue weighted by Gasteiger charge is -2.28. The van der Waals surface area contributed by atoms with Gasteiger partial charge in [-0.05, 0) is 38.2 Å². The third-order valence-corrected chi connectivity index (χ3v) is 3.42. The number of aromatic amines is 2. The highest BCUT2D eigenvalue weighted by atomic mass is 16.1. The maximum atomic E-state index is 11.3. The van der Waals surface area contributed by atoms with Gasteiger partial charge in [-0.1, -0.05) is 13.0 Å². The topological polar surface area (TPSA) is 75.7 Å². The van der Waals surface area contributed by atoms with E-state index >= 15 is 0 Å². The highest BCUT2D eigenvalue weighted by molar-refractivity contribution is 5.75. The van der Waals surface area contributed by atoms with E-state index in [-0.39, 0.29) is 17.6 Å². The predicted octanol–water partition coefficient (Wildman–Crippen LogP) is 2.01. The average Bonchev–Trinajstić information content (AvgIpc) is 2.74. The van der Waals surface area contributed by atoms with Crippen molar-refractivity contribution in [2.24, 2.45) is 5.92 Å². The molecule has 1 aromatic heterocycles. The minimum absolute atomic E-state index is 0.0257. The van der Waals surface area contributed by atoms with Crippen molar-refractivity contribution in [3.63, 3.8) is 0 Å². The van der Waals surface area contributed by atoms with E-state index in [1.165, 1.54) is 0 Å². The number of aromatic nitrogens is 2. The second-order valence-corrected chi connectivity index (χ2v) is 4.94. The first-order valence-electron chi connectivity index (χ1n) is 6.34. The van der Waals surface area contributed by atoms with E-state index in [0.717, 1.165) is 23.0 Å². The van der Waals surface area contributed by atoms with Crippen molar-refractivity contribution >= 4 is 11.0 Å². The lowest BCUT2D eigenvalue weighted by molar-refractivity contribution is 0.241. The van der Waals surface area contributed by atoms with E-state index in [2.05, 4.69) is 16.0 Å². The second kappa shape index (κ2) is 5.29. The van der Waals surface area contributed by atoms with Crippen molar-refractivity contribution < 1.29 is 0 Å². The fraction of sp³-hybridized carbons (Fsp3) is 0.429. The molecule has 0 radical (unpaired) electrons. The van der Waals surface area contributed by atoms with Crippen molar-refractivity contribution in [3.8, 4) is 6.07 Å². The first kappa shape index (κ1) is 13.4. The first-order valence-corrected chi connectivity index (χ1v) is 6.34. The van der Waals surface area contributed by atoms with E-state index in [4.69, 9.17) is 0 Å². The lowest BCUT2D eigenvalue weighted by atomic mass is 9.91. The molecule has 100 valence electrons. The SMILES string of the molecule is CCC(C#N)C(c1ccc2[nH]c(=O)[nH]c2c1)N(C)C. The summed E-state index contributed by atoms with van der Waals surface area (Å²) in [5, 5.41) is 9.28. The smallest absolute Gasteiger partial charge is 0.306 e. The van der Waals surface area contributed by atoms with Crippen LogP contribution in [0.5, 0.6) is 0 Å². The molecule has 19 heavy (non-hydrogen) atoms. The molecule has 0 amide bonds. The molecule has 0 spiro atoms. The van der Waals surface area contributed by atoms with Crippen LogP contribution in [0.3, 0.4) is 0 Å².